The van der Waals surface area contributed by atoms with E-state index in [4.69, 9.17) is 15.8 Å². The molecule has 0 aliphatic heterocycles. The highest BCUT2D eigenvalue weighted by atomic mass is 19.4. The summed E-state index contributed by atoms with van der Waals surface area (Å²) in [4.78, 5) is 0. The summed E-state index contributed by atoms with van der Waals surface area (Å²) in [5.74, 6) is 0. The molecule has 24 heavy (non-hydrogen) atoms. The average molecular weight is 357 g/mol. The van der Waals surface area contributed by atoms with Crippen molar-refractivity contribution in [3.05, 3.63) is 33.4 Å². The third-order valence-electron chi connectivity index (χ3n) is 2.69. The van der Waals surface area contributed by atoms with Crippen molar-refractivity contribution in [3.8, 4) is 18.2 Å². The van der Waals surface area contributed by atoms with E-state index in [0.717, 1.165) is 6.07 Å². The topological polar surface area (TPSA) is 71.4 Å². The normalized spacial score (nSPS) is 12.2. The third kappa shape index (κ3) is 3.06. The zero-order valence-electron chi connectivity index (χ0n) is 10.7. The molecule has 0 aliphatic carbocycles. The second-order valence-electron chi connectivity index (χ2n) is 4.08. The first-order chi connectivity index (χ1) is 10.7. The molecule has 0 N–H and O–H groups in total. The number of hydrogen-bond donors (Lipinski definition) is 0. The first-order valence-electron chi connectivity index (χ1n) is 5.37. The molecular formula is C12F9N3. The zero-order chi connectivity index (χ0) is 19.1. The van der Waals surface area contributed by atoms with Gasteiger partial charge in [-0.3, -0.25) is 0 Å². The maximum absolute atomic E-state index is 12.9. The van der Waals surface area contributed by atoms with E-state index in [1.807, 2.05) is 0 Å². The maximum atomic E-state index is 12.9. The molecule has 12 heteroatoms. The summed E-state index contributed by atoms with van der Waals surface area (Å²) in [7, 11) is 0. The minimum Gasteiger partial charge on any atom is -0.192 e. The number of alkyl halides is 9. The van der Waals surface area contributed by atoms with E-state index in [9.17, 15) is 39.5 Å². The van der Waals surface area contributed by atoms with Crippen LogP contribution in [-0.4, -0.2) is 0 Å². The molecule has 0 saturated carbocycles. The van der Waals surface area contributed by atoms with Crippen LogP contribution < -0.4 is 0 Å². The summed E-state index contributed by atoms with van der Waals surface area (Å²) in [6, 6.07) is 2.01. The molecule has 0 bridgehead atoms. The molecule has 126 valence electrons. The number of halogens is 9. The molecule has 1 aromatic carbocycles. The van der Waals surface area contributed by atoms with E-state index >= 15 is 0 Å². The van der Waals surface area contributed by atoms with Gasteiger partial charge in [0.1, 0.15) is 18.2 Å². The molecule has 1 rings (SSSR count). The van der Waals surface area contributed by atoms with Crippen molar-refractivity contribution < 1.29 is 39.5 Å². The summed E-state index contributed by atoms with van der Waals surface area (Å²) in [5.41, 5.74) is -14.9. The molecule has 0 unspecified atom stereocenters. The quantitative estimate of drug-likeness (QED) is 0.648. The summed E-state index contributed by atoms with van der Waals surface area (Å²) < 4.78 is 116. The summed E-state index contributed by atoms with van der Waals surface area (Å²) >= 11 is 0. The lowest BCUT2D eigenvalue weighted by Gasteiger charge is -2.23. The van der Waals surface area contributed by atoms with Gasteiger partial charge in [0.15, 0.2) is 0 Å². The molecule has 0 saturated heterocycles. The van der Waals surface area contributed by atoms with Crippen LogP contribution in [-0.2, 0) is 18.5 Å². The van der Waals surface area contributed by atoms with E-state index in [-0.39, 0.29) is 0 Å². The van der Waals surface area contributed by atoms with Crippen LogP contribution in [0, 0.1) is 34.0 Å². The van der Waals surface area contributed by atoms with Crippen LogP contribution in [0.3, 0.4) is 0 Å². The monoisotopic (exact) mass is 357 g/mol. The molecule has 0 fully saturated rings. The number of nitriles is 3. The van der Waals surface area contributed by atoms with Crippen molar-refractivity contribution in [2.75, 3.05) is 0 Å². The number of benzene rings is 1. The van der Waals surface area contributed by atoms with Crippen LogP contribution in [0.4, 0.5) is 39.5 Å². The Bertz CT molecular complexity index is 755. The predicted octanol–water partition coefficient (Wildman–Crippen LogP) is 4.36. The summed E-state index contributed by atoms with van der Waals surface area (Å²) in [5, 5.41) is 25.9. The highest BCUT2D eigenvalue weighted by Crippen LogP contribution is 2.50. The Morgan fingerprint density at radius 3 is 0.875 bits per heavy atom. The Hall–Kier alpha value is -2.94. The van der Waals surface area contributed by atoms with Crippen molar-refractivity contribution >= 4 is 0 Å². The fraction of sp³-hybridized carbons (Fsp3) is 0.250. The number of rotatable bonds is 0. The molecular weight excluding hydrogens is 357 g/mol. The van der Waals surface area contributed by atoms with Crippen LogP contribution in [0.25, 0.3) is 0 Å². The Kier molecular flexibility index (Phi) is 4.46. The van der Waals surface area contributed by atoms with Crippen LogP contribution in [0.15, 0.2) is 0 Å². The van der Waals surface area contributed by atoms with Gasteiger partial charge in [-0.15, -0.1) is 0 Å². The van der Waals surface area contributed by atoms with Gasteiger partial charge in [0.25, 0.3) is 0 Å². The Morgan fingerprint density at radius 1 is 0.458 bits per heavy atom. The highest BCUT2D eigenvalue weighted by molar-refractivity contribution is 5.66. The van der Waals surface area contributed by atoms with Gasteiger partial charge >= 0.3 is 18.5 Å². The zero-order valence-corrected chi connectivity index (χ0v) is 10.7. The van der Waals surface area contributed by atoms with Crippen LogP contribution in [0.2, 0.25) is 0 Å². The molecule has 0 spiro atoms. The van der Waals surface area contributed by atoms with Gasteiger partial charge in [0.05, 0.1) is 33.4 Å². The maximum Gasteiger partial charge on any atom is 0.418 e. The minimum absolute atomic E-state index is 0.627. The van der Waals surface area contributed by atoms with Gasteiger partial charge in [-0.1, -0.05) is 0 Å². The van der Waals surface area contributed by atoms with Gasteiger partial charge in [-0.25, -0.2) is 0 Å². The Balaban J connectivity index is 4.47. The second kappa shape index (κ2) is 5.60. The molecule has 1 aromatic rings. The van der Waals surface area contributed by atoms with Crippen LogP contribution in [0.1, 0.15) is 33.4 Å². The average Bonchev–Trinajstić information content (AvgIpc) is 2.40. The fourth-order valence-corrected chi connectivity index (χ4v) is 1.94. The molecule has 0 amide bonds. The minimum atomic E-state index is -6.19. The van der Waals surface area contributed by atoms with E-state index in [1.54, 1.807) is 0 Å². The van der Waals surface area contributed by atoms with Gasteiger partial charge in [-0.2, -0.15) is 55.3 Å². The number of nitrogens with zero attached hydrogens (tertiary/aromatic N) is 3. The van der Waals surface area contributed by atoms with Crippen molar-refractivity contribution in [2.24, 2.45) is 0 Å². The first-order valence-corrected chi connectivity index (χ1v) is 5.37. The summed E-state index contributed by atoms with van der Waals surface area (Å²) in [6.45, 7) is 0. The first kappa shape index (κ1) is 19.1. The van der Waals surface area contributed by atoms with Crippen molar-refractivity contribution in [3.63, 3.8) is 0 Å². The van der Waals surface area contributed by atoms with E-state index in [0.29, 0.717) is 12.1 Å². The van der Waals surface area contributed by atoms with E-state index in [1.165, 1.54) is 0 Å². The Labute approximate surface area is 126 Å². The number of hydrogen-bond acceptors (Lipinski definition) is 3. The largest absolute Gasteiger partial charge is 0.418 e. The van der Waals surface area contributed by atoms with Crippen molar-refractivity contribution in [2.45, 2.75) is 18.5 Å². The van der Waals surface area contributed by atoms with Gasteiger partial charge in [0, 0.05) is 0 Å². The predicted molar refractivity (Wildman–Crippen MR) is 55.6 cm³/mol. The molecule has 0 aliphatic rings. The van der Waals surface area contributed by atoms with Gasteiger partial charge in [0.2, 0.25) is 0 Å². The molecule has 0 aromatic heterocycles. The van der Waals surface area contributed by atoms with Crippen molar-refractivity contribution in [1.82, 2.24) is 0 Å². The van der Waals surface area contributed by atoms with E-state index in [2.05, 4.69) is 0 Å². The van der Waals surface area contributed by atoms with Crippen molar-refractivity contribution in [1.29, 1.82) is 15.8 Å². The summed E-state index contributed by atoms with van der Waals surface area (Å²) in [6.07, 6.45) is -18.3. The van der Waals surface area contributed by atoms with Crippen LogP contribution in [0.5, 0.6) is 0 Å². The SMILES string of the molecule is N#Cc1c(C#N)c(C(F)(F)F)c(C(F)(F)F)c(C(F)(F)F)c1C#N. The molecule has 0 atom stereocenters. The molecule has 0 radical (unpaired) electrons. The lowest BCUT2D eigenvalue weighted by Crippen LogP contribution is -2.27. The smallest absolute Gasteiger partial charge is 0.192 e. The lowest BCUT2D eigenvalue weighted by atomic mass is 9.86. The third-order valence-corrected chi connectivity index (χ3v) is 2.69. The standard InChI is InChI=1S/C12F9N3/c13-10(14,15)7-5(2-23)4(1-22)6(3-24)8(11(16,17)18)9(7)12(19,20)21. The fourth-order valence-electron chi connectivity index (χ4n) is 1.94. The molecule has 0 heterocycles. The van der Waals surface area contributed by atoms with Gasteiger partial charge in [-0.05, 0) is 0 Å². The Morgan fingerprint density at radius 2 is 0.708 bits per heavy atom. The molecule has 3 nitrogen and oxygen atoms in total. The lowest BCUT2D eigenvalue weighted by molar-refractivity contribution is -0.174. The highest BCUT2D eigenvalue weighted by Gasteiger charge is 2.54. The van der Waals surface area contributed by atoms with Crippen LogP contribution >= 0.6 is 0 Å². The van der Waals surface area contributed by atoms with E-state index < -0.39 is 51.9 Å². The second-order valence-corrected chi connectivity index (χ2v) is 4.08. The van der Waals surface area contributed by atoms with Gasteiger partial charge < -0.3 is 0 Å².